The third kappa shape index (κ3) is 21.7. The van der Waals surface area contributed by atoms with Gasteiger partial charge in [-0.2, -0.15) is 0 Å². The molecule has 1 aliphatic carbocycles. The van der Waals surface area contributed by atoms with E-state index in [0.717, 1.165) is 58.5 Å². The molecule has 4 unspecified atom stereocenters. The van der Waals surface area contributed by atoms with Crippen LogP contribution in [0.3, 0.4) is 0 Å². The van der Waals surface area contributed by atoms with E-state index in [0.29, 0.717) is 36.2 Å². The lowest BCUT2D eigenvalue weighted by Crippen LogP contribution is -2.25. The molecule has 1 saturated carbocycles. The first-order chi connectivity index (χ1) is 45.5. The van der Waals surface area contributed by atoms with Crippen molar-refractivity contribution < 1.29 is 67.8 Å². The van der Waals surface area contributed by atoms with E-state index in [2.05, 4.69) is 104 Å². The summed E-state index contributed by atoms with van der Waals surface area (Å²) in [5, 5.41) is 39.9. The Balaban J connectivity index is 0.000000214. The molecule has 3 fully saturated rings. The van der Waals surface area contributed by atoms with E-state index in [4.69, 9.17) is 47.4 Å². The molecular formula is C81H98O14. The molecule has 0 aromatic heterocycles. The maximum absolute atomic E-state index is 10.5. The Labute approximate surface area is 562 Å². The number of epoxide rings is 2. The highest BCUT2D eigenvalue weighted by molar-refractivity contribution is 5.46. The lowest BCUT2D eigenvalue weighted by atomic mass is 9.78. The van der Waals surface area contributed by atoms with E-state index in [1.165, 1.54) is 41.5 Å². The maximum atomic E-state index is 10.5. The highest BCUT2D eigenvalue weighted by atomic mass is 16.6. The van der Waals surface area contributed by atoms with Gasteiger partial charge in [-0.05, 0) is 155 Å². The second-order valence-electron chi connectivity index (χ2n) is 27.2. The topological polar surface area (TPSA) is 180 Å². The van der Waals surface area contributed by atoms with Gasteiger partial charge in [-0.1, -0.05) is 172 Å². The molecule has 2 aliphatic heterocycles. The van der Waals surface area contributed by atoms with Crippen molar-refractivity contribution in [3.05, 3.63) is 239 Å². The van der Waals surface area contributed by atoms with Crippen LogP contribution in [0.2, 0.25) is 0 Å². The van der Waals surface area contributed by atoms with Crippen LogP contribution in [0.25, 0.3) is 0 Å². The molecule has 0 radical (unpaired) electrons. The first-order valence-electron chi connectivity index (χ1n) is 33.3. The molecule has 506 valence electrons. The molecule has 2 saturated heterocycles. The molecule has 95 heavy (non-hydrogen) atoms. The number of aliphatic hydroxyl groups is 4. The third-order valence-corrected chi connectivity index (χ3v) is 17.4. The normalized spacial score (nSPS) is 16.2. The fourth-order valence-corrected chi connectivity index (χ4v) is 10.4. The van der Waals surface area contributed by atoms with Crippen LogP contribution in [0.15, 0.2) is 194 Å². The van der Waals surface area contributed by atoms with Gasteiger partial charge in [0.25, 0.3) is 0 Å². The summed E-state index contributed by atoms with van der Waals surface area (Å²) in [7, 11) is 0. The number of ether oxygens (including phenoxy) is 10. The molecule has 8 aromatic carbocycles. The van der Waals surface area contributed by atoms with Crippen LogP contribution < -0.4 is 37.9 Å². The minimum atomic E-state index is -0.795. The summed E-state index contributed by atoms with van der Waals surface area (Å²) in [6, 6.07) is 64.3. The van der Waals surface area contributed by atoms with Crippen LogP contribution in [0.5, 0.6) is 46.0 Å². The van der Waals surface area contributed by atoms with E-state index in [1.807, 2.05) is 146 Å². The minimum absolute atomic E-state index is 0.110. The molecule has 3 aliphatic rings. The van der Waals surface area contributed by atoms with Crippen LogP contribution in [-0.4, -0.2) is 123 Å². The highest BCUT2D eigenvalue weighted by Gasteiger charge is 2.29. The standard InChI is InChI=1S/C39H44O7.C39H48O7.C3H6/c1-38(2,29-9-17-34(18-10-29)43-23-36-25-45-36)27-5-13-32(14-6-27)41-21-31(40)22-42-33-15-7-28(8-16-33)39(3,4)30-11-19-35(20-12-30)44-24-37-26-46-37;1-27(40)23-43-34-15-7-29(8-16-34)38(3,4)31-11-19-36(20-12-31)45-25-33(42)26-46-37-21-13-32(14-22-37)39(5,6)30-9-17-35(18-10-30)44-24-28(2)41;1-2-3-1/h5-20,31,36-37,40H,21-26H2,1-4H3;7-22,27-28,33,40-42H,23-26H2,1-6H3;1-3H2. The van der Waals surface area contributed by atoms with Gasteiger partial charge in [0.2, 0.25) is 0 Å². The molecule has 14 nitrogen and oxygen atoms in total. The number of benzene rings is 8. The van der Waals surface area contributed by atoms with Crippen molar-refractivity contribution in [1.82, 2.24) is 0 Å². The molecule has 2 heterocycles. The zero-order valence-electron chi connectivity index (χ0n) is 57.0. The second kappa shape index (κ2) is 33.1. The monoisotopic (exact) mass is 1290 g/mol. The molecule has 11 rings (SSSR count). The quantitative estimate of drug-likeness (QED) is 0.0293. The van der Waals surface area contributed by atoms with Gasteiger partial charge in [-0.15, -0.1) is 0 Å². The summed E-state index contributed by atoms with van der Waals surface area (Å²) in [6.07, 6.45) is 2.39. The highest BCUT2D eigenvalue weighted by Crippen LogP contribution is 2.38. The summed E-state index contributed by atoms with van der Waals surface area (Å²) in [6.45, 7) is 24.6. The average Bonchev–Trinajstić information content (AvgIpc) is 1.35. The summed E-state index contributed by atoms with van der Waals surface area (Å²) in [5.41, 5.74) is 8.41. The van der Waals surface area contributed by atoms with Gasteiger partial charge in [-0.3, -0.25) is 0 Å². The van der Waals surface area contributed by atoms with E-state index in [1.54, 1.807) is 13.8 Å². The summed E-state index contributed by atoms with van der Waals surface area (Å²) >= 11 is 0. The van der Waals surface area contributed by atoms with Crippen LogP contribution >= 0.6 is 0 Å². The zero-order chi connectivity index (χ0) is 67.6. The van der Waals surface area contributed by atoms with Crippen molar-refractivity contribution in [3.8, 4) is 46.0 Å². The van der Waals surface area contributed by atoms with Gasteiger partial charge in [0, 0.05) is 21.7 Å². The van der Waals surface area contributed by atoms with Crippen molar-refractivity contribution >= 4 is 0 Å². The number of hydrogen-bond donors (Lipinski definition) is 4. The van der Waals surface area contributed by atoms with E-state index >= 15 is 0 Å². The Morgan fingerprint density at radius 1 is 0.284 bits per heavy atom. The van der Waals surface area contributed by atoms with Crippen LogP contribution in [-0.2, 0) is 31.1 Å². The third-order valence-electron chi connectivity index (χ3n) is 17.4. The van der Waals surface area contributed by atoms with Gasteiger partial charge in [-0.25, -0.2) is 0 Å². The van der Waals surface area contributed by atoms with Crippen molar-refractivity contribution in [2.45, 2.75) is 147 Å². The molecule has 14 heteroatoms. The van der Waals surface area contributed by atoms with E-state index < -0.39 is 24.4 Å². The Hall–Kier alpha value is -8.08. The Kier molecular flexibility index (Phi) is 24.8. The smallest absolute Gasteiger partial charge is 0.122 e. The largest absolute Gasteiger partial charge is 0.491 e. The lowest BCUT2D eigenvalue weighted by molar-refractivity contribution is 0.0626. The average molecular weight is 1300 g/mol. The molecule has 0 amide bonds. The van der Waals surface area contributed by atoms with Crippen LogP contribution in [0.1, 0.15) is 133 Å². The molecule has 4 N–H and O–H groups in total. The Morgan fingerprint density at radius 2 is 0.442 bits per heavy atom. The summed E-state index contributed by atoms with van der Waals surface area (Å²) < 4.78 is 56.6. The second-order valence-corrected chi connectivity index (χ2v) is 27.2. The molecule has 4 atom stereocenters. The van der Waals surface area contributed by atoms with Crippen molar-refractivity contribution in [2.24, 2.45) is 0 Å². The molecule has 0 bridgehead atoms. The summed E-state index contributed by atoms with van der Waals surface area (Å²) in [5.74, 6) is 5.92. The van der Waals surface area contributed by atoms with Crippen LogP contribution in [0.4, 0.5) is 0 Å². The van der Waals surface area contributed by atoms with Crippen molar-refractivity contribution in [3.63, 3.8) is 0 Å². The Bertz CT molecular complexity index is 3080. The molecule has 0 spiro atoms. The van der Waals surface area contributed by atoms with Gasteiger partial charge in [0.1, 0.15) is 123 Å². The fourth-order valence-electron chi connectivity index (χ4n) is 10.4. The molecule has 8 aromatic rings. The van der Waals surface area contributed by atoms with Gasteiger partial charge >= 0.3 is 0 Å². The van der Waals surface area contributed by atoms with E-state index in [-0.39, 0.29) is 73.5 Å². The zero-order valence-corrected chi connectivity index (χ0v) is 57.0. The number of hydrogen-bond acceptors (Lipinski definition) is 14. The maximum Gasteiger partial charge on any atom is 0.122 e. The first kappa shape index (κ1) is 71.2. The predicted octanol–water partition coefficient (Wildman–Crippen LogP) is 14.6. The minimum Gasteiger partial charge on any atom is -0.491 e. The van der Waals surface area contributed by atoms with Crippen molar-refractivity contribution in [1.29, 1.82) is 0 Å². The fraction of sp³-hybridized carbons (Fsp3) is 0.407. The van der Waals surface area contributed by atoms with Crippen LogP contribution in [0, 0.1) is 0 Å². The SMILES string of the molecule is C1CC1.CC(C)(c1ccc(OCC(O)COc2ccc(C(C)(C)c3ccc(OCC4CO4)cc3)cc2)cc1)c1ccc(OCC2CO2)cc1.CC(O)COc1ccc(C(C)(C)c2ccc(OCC(O)COc3ccc(C(C)(C)c4ccc(OCC(C)O)cc4)cc3)cc2)cc1. The van der Waals surface area contributed by atoms with Gasteiger partial charge in [0.05, 0.1) is 25.4 Å². The van der Waals surface area contributed by atoms with Gasteiger partial charge in [0.15, 0.2) is 0 Å². The lowest BCUT2D eigenvalue weighted by Gasteiger charge is -2.27. The Morgan fingerprint density at radius 3 is 0.589 bits per heavy atom. The van der Waals surface area contributed by atoms with Crippen molar-refractivity contribution in [2.75, 3.05) is 66.1 Å². The molecular weight excluding hydrogens is 1200 g/mol. The van der Waals surface area contributed by atoms with Gasteiger partial charge < -0.3 is 67.8 Å². The predicted molar refractivity (Wildman–Crippen MR) is 373 cm³/mol. The number of rotatable bonds is 32. The number of aliphatic hydroxyl groups excluding tert-OH is 4. The first-order valence-corrected chi connectivity index (χ1v) is 33.3. The summed E-state index contributed by atoms with van der Waals surface area (Å²) in [4.78, 5) is 0. The van der Waals surface area contributed by atoms with E-state index in [9.17, 15) is 20.4 Å².